The van der Waals surface area contributed by atoms with E-state index in [0.717, 1.165) is 49.2 Å². The molecule has 10 nitrogen and oxygen atoms in total. The molecule has 1 spiro atoms. The number of nitriles is 1. The molecule has 3 aromatic rings. The molecule has 6 heterocycles. The summed E-state index contributed by atoms with van der Waals surface area (Å²) in [6, 6.07) is 6.04. The number of amides is 1. The number of aromatic nitrogens is 4. The van der Waals surface area contributed by atoms with Gasteiger partial charge in [-0.1, -0.05) is 20.8 Å². The number of nitrogens with zero attached hydrogens (tertiary/aromatic N) is 8. The summed E-state index contributed by atoms with van der Waals surface area (Å²) in [7, 11) is 1.83. The highest BCUT2D eigenvalue weighted by Gasteiger charge is 2.49. The minimum absolute atomic E-state index is 0.0179. The zero-order valence-corrected chi connectivity index (χ0v) is 23.8. The smallest absolute Gasteiger partial charge is 0.251 e. The second kappa shape index (κ2) is 9.66. The SMILES string of the molecule is CN1CC(=O)n2c(CN3CCCC4(CCN(Cc5ccncc5)C4=O)C3)c(CC(C)(C)C)c3nc(C#N)nc1c32. The van der Waals surface area contributed by atoms with Crippen molar-refractivity contribution in [2.24, 2.45) is 10.8 Å². The molecule has 10 heteroatoms. The molecule has 1 atom stereocenters. The number of anilines is 1. The molecule has 0 saturated carbocycles. The van der Waals surface area contributed by atoms with Crippen molar-refractivity contribution in [2.75, 3.05) is 38.1 Å². The van der Waals surface area contributed by atoms with E-state index in [1.165, 1.54) is 0 Å². The fourth-order valence-corrected chi connectivity index (χ4v) is 6.79. The highest BCUT2D eigenvalue weighted by Crippen LogP contribution is 2.42. The van der Waals surface area contributed by atoms with Crippen LogP contribution in [0.15, 0.2) is 24.5 Å². The first-order chi connectivity index (χ1) is 19.1. The second-order valence-electron chi connectivity index (χ2n) is 12.9. The molecule has 40 heavy (non-hydrogen) atoms. The van der Waals surface area contributed by atoms with Gasteiger partial charge in [0.1, 0.15) is 11.6 Å². The van der Waals surface area contributed by atoms with Gasteiger partial charge in [-0.25, -0.2) is 4.98 Å². The first kappa shape index (κ1) is 26.4. The lowest BCUT2D eigenvalue weighted by Crippen LogP contribution is -2.48. The normalized spacial score (nSPS) is 21.6. The number of pyridine rings is 1. The summed E-state index contributed by atoms with van der Waals surface area (Å²) in [5.41, 5.74) is 3.95. The van der Waals surface area contributed by atoms with E-state index in [-0.39, 0.29) is 29.6 Å². The highest BCUT2D eigenvalue weighted by molar-refractivity contribution is 6.04. The maximum Gasteiger partial charge on any atom is 0.251 e. The summed E-state index contributed by atoms with van der Waals surface area (Å²) < 4.78 is 1.81. The molecule has 1 amide bonds. The van der Waals surface area contributed by atoms with Crippen LogP contribution in [0.5, 0.6) is 0 Å². The number of carbonyl (C=O) groups is 2. The minimum Gasteiger partial charge on any atom is -0.348 e. The van der Waals surface area contributed by atoms with Gasteiger partial charge in [0.15, 0.2) is 5.82 Å². The van der Waals surface area contributed by atoms with Crippen LogP contribution >= 0.6 is 0 Å². The van der Waals surface area contributed by atoms with Crippen LogP contribution < -0.4 is 4.90 Å². The summed E-state index contributed by atoms with van der Waals surface area (Å²) in [6.45, 7) is 10.2. The van der Waals surface area contributed by atoms with Crippen molar-refractivity contribution in [1.29, 1.82) is 5.26 Å². The van der Waals surface area contributed by atoms with Gasteiger partial charge in [-0.15, -0.1) is 0 Å². The highest BCUT2D eigenvalue weighted by atomic mass is 16.2. The van der Waals surface area contributed by atoms with E-state index in [9.17, 15) is 14.9 Å². The Balaban J connectivity index is 1.36. The summed E-state index contributed by atoms with van der Waals surface area (Å²) in [5, 5.41) is 9.68. The minimum atomic E-state index is -0.396. The van der Waals surface area contributed by atoms with Crippen LogP contribution in [0.3, 0.4) is 0 Å². The number of hydrogen-bond acceptors (Lipinski definition) is 8. The molecule has 2 fully saturated rings. The fraction of sp³-hybridized carbons (Fsp3) is 0.533. The monoisotopic (exact) mass is 540 g/mol. The summed E-state index contributed by atoms with van der Waals surface area (Å²) >= 11 is 0. The number of likely N-dealkylation sites (tertiary alicyclic amines) is 2. The van der Waals surface area contributed by atoms with Crippen LogP contribution in [0.2, 0.25) is 0 Å². The Morgan fingerprint density at radius 2 is 1.85 bits per heavy atom. The van der Waals surface area contributed by atoms with Crippen LogP contribution in [0.4, 0.5) is 5.82 Å². The first-order valence-corrected chi connectivity index (χ1v) is 14.1. The van der Waals surface area contributed by atoms with Gasteiger partial charge in [0.2, 0.25) is 11.7 Å². The van der Waals surface area contributed by atoms with Gasteiger partial charge in [0.05, 0.1) is 17.5 Å². The molecular weight excluding hydrogens is 504 g/mol. The van der Waals surface area contributed by atoms with Gasteiger partial charge >= 0.3 is 0 Å². The van der Waals surface area contributed by atoms with Gasteiger partial charge in [-0.05, 0) is 55.3 Å². The zero-order valence-electron chi connectivity index (χ0n) is 23.8. The lowest BCUT2D eigenvalue weighted by atomic mass is 9.78. The van der Waals surface area contributed by atoms with Crippen LogP contribution in [-0.2, 0) is 24.3 Å². The van der Waals surface area contributed by atoms with E-state index >= 15 is 0 Å². The van der Waals surface area contributed by atoms with Crippen molar-refractivity contribution in [1.82, 2.24) is 29.3 Å². The molecule has 1 unspecified atom stereocenters. The van der Waals surface area contributed by atoms with Crippen molar-refractivity contribution < 1.29 is 9.59 Å². The van der Waals surface area contributed by atoms with Crippen LogP contribution in [-0.4, -0.2) is 74.4 Å². The van der Waals surface area contributed by atoms with Gasteiger partial charge in [-0.3, -0.25) is 24.0 Å². The fourth-order valence-electron chi connectivity index (χ4n) is 6.79. The van der Waals surface area contributed by atoms with Gasteiger partial charge in [0.25, 0.3) is 5.91 Å². The lowest BCUT2D eigenvalue weighted by Gasteiger charge is -2.39. The summed E-state index contributed by atoms with van der Waals surface area (Å²) in [4.78, 5) is 46.7. The van der Waals surface area contributed by atoms with Crippen LogP contribution in [0.25, 0.3) is 11.0 Å². The molecule has 3 aliphatic rings. The zero-order chi connectivity index (χ0) is 28.2. The number of likely N-dealkylation sites (N-methyl/N-ethyl adjacent to an activating group) is 1. The van der Waals surface area contributed by atoms with E-state index in [0.29, 0.717) is 42.9 Å². The first-order valence-electron chi connectivity index (χ1n) is 14.1. The van der Waals surface area contributed by atoms with Crippen molar-refractivity contribution in [2.45, 2.75) is 59.5 Å². The molecule has 0 bridgehead atoms. The predicted octanol–water partition coefficient (Wildman–Crippen LogP) is 3.39. The molecule has 208 valence electrons. The van der Waals surface area contributed by atoms with E-state index in [1.54, 1.807) is 17.0 Å². The second-order valence-corrected chi connectivity index (χ2v) is 12.9. The third-order valence-electron chi connectivity index (χ3n) is 8.54. The summed E-state index contributed by atoms with van der Waals surface area (Å²) in [5.74, 6) is 0.950. The molecule has 3 aromatic heterocycles. The van der Waals surface area contributed by atoms with E-state index in [1.807, 2.05) is 29.0 Å². The van der Waals surface area contributed by atoms with E-state index in [4.69, 9.17) is 0 Å². The third kappa shape index (κ3) is 4.52. The Morgan fingerprint density at radius 3 is 2.58 bits per heavy atom. The molecular formula is C30H36N8O2. The maximum atomic E-state index is 13.8. The largest absolute Gasteiger partial charge is 0.348 e. The number of carbonyl (C=O) groups excluding carboxylic acids is 2. The van der Waals surface area contributed by atoms with Gasteiger partial charge in [-0.2, -0.15) is 10.2 Å². The standard InChI is InChI=1S/C30H36N8O2/c1-29(2,3)14-21-22(38-24(39)18-35(4)27-26(38)25(21)33-23(15-31)34-27)17-36-12-5-8-30(19-36)9-13-37(28(30)40)16-20-6-10-32-11-7-20/h6-7,10-11H,5,8-9,12-14,16-19H2,1-4H3. The molecule has 0 N–H and O–H groups in total. The quantitative estimate of drug-likeness (QED) is 0.484. The molecule has 3 aliphatic heterocycles. The van der Waals surface area contributed by atoms with Crippen LogP contribution in [0.1, 0.15) is 67.5 Å². The Bertz CT molecular complexity index is 1530. The van der Waals surface area contributed by atoms with E-state index in [2.05, 4.69) is 46.7 Å². The molecule has 0 aliphatic carbocycles. The summed E-state index contributed by atoms with van der Waals surface area (Å²) in [6.07, 6.45) is 6.91. The average Bonchev–Trinajstić information content (AvgIpc) is 3.37. The van der Waals surface area contributed by atoms with Gasteiger partial charge in [0, 0.05) is 56.9 Å². The average molecular weight is 541 g/mol. The van der Waals surface area contributed by atoms with Crippen molar-refractivity contribution in [3.05, 3.63) is 47.2 Å². The maximum absolute atomic E-state index is 13.8. The van der Waals surface area contributed by atoms with Crippen molar-refractivity contribution in [3.8, 4) is 6.07 Å². The predicted molar refractivity (Wildman–Crippen MR) is 151 cm³/mol. The topological polar surface area (TPSA) is 111 Å². The van der Waals surface area contributed by atoms with Gasteiger partial charge < -0.3 is 9.80 Å². The van der Waals surface area contributed by atoms with Crippen LogP contribution in [0, 0.1) is 22.2 Å². The number of hydrogen-bond donors (Lipinski definition) is 0. The Hall–Kier alpha value is -3.84. The van der Waals surface area contributed by atoms with E-state index < -0.39 is 5.41 Å². The van der Waals surface area contributed by atoms with Crippen molar-refractivity contribution >= 4 is 28.7 Å². The molecule has 0 aromatic carbocycles. The van der Waals surface area contributed by atoms with Crippen molar-refractivity contribution in [3.63, 3.8) is 0 Å². The molecule has 0 radical (unpaired) electrons. The molecule has 6 rings (SSSR count). The molecule has 2 saturated heterocycles. The number of piperidine rings is 1. The third-order valence-corrected chi connectivity index (χ3v) is 8.54. The number of rotatable bonds is 5. The lowest BCUT2D eigenvalue weighted by molar-refractivity contribution is -0.139. The Labute approximate surface area is 234 Å². The Kier molecular flexibility index (Phi) is 6.37. The Morgan fingerprint density at radius 1 is 1.07 bits per heavy atom.